The molecule has 1 heterocycles. The van der Waals surface area contributed by atoms with Gasteiger partial charge in [0.1, 0.15) is 6.54 Å². The van der Waals surface area contributed by atoms with Crippen LogP contribution in [0.1, 0.15) is 0 Å². The number of hydrogen-bond acceptors (Lipinski definition) is 4. The number of benzene rings is 1. The maximum Gasteiger partial charge on any atom is 0.267 e. The summed E-state index contributed by atoms with van der Waals surface area (Å²) < 4.78 is 1.66. The Balaban J connectivity index is 2.15. The summed E-state index contributed by atoms with van der Waals surface area (Å²) in [6, 6.07) is 4.77. The molecule has 0 aliphatic heterocycles. The molecule has 0 fully saturated rings. The van der Waals surface area contributed by atoms with Crippen LogP contribution in [-0.4, -0.2) is 15.5 Å². The molecule has 104 valence electrons. The SMILES string of the molecule is Nc1ccc(Cl)c(NC(=O)Cn2cncc(I)c2=O)c1. The highest BCUT2D eigenvalue weighted by atomic mass is 127. The Bertz CT molecular complexity index is 717. The molecule has 0 spiro atoms. The molecule has 0 unspecified atom stereocenters. The molecule has 2 aromatic rings. The molecule has 8 heteroatoms. The second kappa shape index (κ2) is 6.23. The van der Waals surface area contributed by atoms with Gasteiger partial charge in [0.15, 0.2) is 0 Å². The van der Waals surface area contributed by atoms with Crippen LogP contribution in [0.4, 0.5) is 11.4 Å². The fraction of sp³-hybridized carbons (Fsp3) is 0.0833. The second-order valence-corrected chi connectivity index (χ2v) is 5.53. The summed E-state index contributed by atoms with van der Waals surface area (Å²) in [5.74, 6) is -0.386. The number of carbonyl (C=O) groups excluding carboxylic acids is 1. The number of hydrogen-bond donors (Lipinski definition) is 2. The Hall–Kier alpha value is -1.61. The van der Waals surface area contributed by atoms with E-state index in [9.17, 15) is 9.59 Å². The zero-order valence-electron chi connectivity index (χ0n) is 10.1. The van der Waals surface area contributed by atoms with Gasteiger partial charge >= 0.3 is 0 Å². The Labute approximate surface area is 133 Å². The Morgan fingerprint density at radius 3 is 3.00 bits per heavy atom. The van der Waals surface area contributed by atoms with Crippen molar-refractivity contribution in [3.8, 4) is 0 Å². The topological polar surface area (TPSA) is 90.0 Å². The van der Waals surface area contributed by atoms with Crippen molar-refractivity contribution >= 4 is 51.5 Å². The van der Waals surface area contributed by atoms with Crippen molar-refractivity contribution in [1.29, 1.82) is 0 Å². The molecule has 0 radical (unpaired) electrons. The largest absolute Gasteiger partial charge is 0.399 e. The highest BCUT2D eigenvalue weighted by molar-refractivity contribution is 14.1. The monoisotopic (exact) mass is 404 g/mol. The smallest absolute Gasteiger partial charge is 0.267 e. The summed E-state index contributed by atoms with van der Waals surface area (Å²) in [6.45, 7) is -0.145. The number of rotatable bonds is 3. The van der Waals surface area contributed by atoms with Crippen LogP contribution in [0.25, 0.3) is 0 Å². The fourth-order valence-electron chi connectivity index (χ4n) is 1.52. The van der Waals surface area contributed by atoms with Gasteiger partial charge in [-0.2, -0.15) is 0 Å². The van der Waals surface area contributed by atoms with E-state index in [1.54, 1.807) is 18.2 Å². The summed E-state index contributed by atoms with van der Waals surface area (Å²) in [6.07, 6.45) is 2.75. The standard InChI is InChI=1S/C12H10ClIN4O2/c13-8-2-1-7(15)3-10(8)17-11(19)5-18-6-16-4-9(14)12(18)20/h1-4,6H,5,15H2,(H,17,19). The molecule has 0 bridgehead atoms. The first-order valence-corrected chi connectivity index (χ1v) is 6.98. The van der Waals surface area contributed by atoms with E-state index in [0.29, 0.717) is 20.0 Å². The van der Waals surface area contributed by atoms with Crippen molar-refractivity contribution in [3.05, 3.63) is 49.7 Å². The highest BCUT2D eigenvalue weighted by Gasteiger charge is 2.09. The molecule has 0 atom stereocenters. The molecule has 1 amide bonds. The van der Waals surface area contributed by atoms with Gasteiger partial charge in [-0.05, 0) is 40.8 Å². The van der Waals surface area contributed by atoms with E-state index in [-0.39, 0.29) is 18.0 Å². The lowest BCUT2D eigenvalue weighted by molar-refractivity contribution is -0.116. The number of nitrogens with one attached hydrogen (secondary N) is 1. The van der Waals surface area contributed by atoms with Gasteiger partial charge in [-0.3, -0.25) is 14.2 Å². The molecule has 20 heavy (non-hydrogen) atoms. The van der Waals surface area contributed by atoms with E-state index < -0.39 is 0 Å². The van der Waals surface area contributed by atoms with Gasteiger partial charge in [-0.1, -0.05) is 11.6 Å². The average molecular weight is 405 g/mol. The van der Waals surface area contributed by atoms with Crippen LogP contribution in [0.2, 0.25) is 5.02 Å². The molecule has 1 aromatic heterocycles. The van der Waals surface area contributed by atoms with E-state index in [4.69, 9.17) is 17.3 Å². The number of halogens is 2. The zero-order chi connectivity index (χ0) is 14.7. The minimum atomic E-state index is -0.386. The zero-order valence-corrected chi connectivity index (χ0v) is 13.1. The van der Waals surface area contributed by atoms with Gasteiger partial charge < -0.3 is 11.1 Å². The average Bonchev–Trinajstić information content (AvgIpc) is 2.39. The van der Waals surface area contributed by atoms with Crippen LogP contribution < -0.4 is 16.6 Å². The van der Waals surface area contributed by atoms with Crippen LogP contribution in [0.15, 0.2) is 35.5 Å². The lowest BCUT2D eigenvalue weighted by Crippen LogP contribution is -2.29. The molecule has 0 aliphatic rings. The Morgan fingerprint density at radius 2 is 2.25 bits per heavy atom. The van der Waals surface area contributed by atoms with Crippen LogP contribution in [-0.2, 0) is 11.3 Å². The quantitative estimate of drug-likeness (QED) is 0.602. The summed E-state index contributed by atoms with van der Waals surface area (Å²) in [5.41, 5.74) is 6.24. The van der Waals surface area contributed by atoms with Gasteiger partial charge in [-0.25, -0.2) is 4.98 Å². The van der Waals surface area contributed by atoms with Crippen molar-refractivity contribution in [2.75, 3.05) is 11.1 Å². The van der Waals surface area contributed by atoms with Crippen molar-refractivity contribution in [1.82, 2.24) is 9.55 Å². The number of aromatic nitrogens is 2. The third-order valence-corrected chi connectivity index (χ3v) is 3.51. The summed E-state index contributed by atoms with van der Waals surface area (Å²) >= 11 is 7.81. The minimum Gasteiger partial charge on any atom is -0.399 e. The van der Waals surface area contributed by atoms with Gasteiger partial charge in [0.25, 0.3) is 5.56 Å². The Kier molecular flexibility index (Phi) is 4.61. The van der Waals surface area contributed by atoms with Crippen molar-refractivity contribution < 1.29 is 4.79 Å². The maximum absolute atomic E-state index is 11.9. The lowest BCUT2D eigenvalue weighted by Gasteiger charge is -2.09. The normalized spacial score (nSPS) is 10.3. The summed E-state index contributed by atoms with van der Waals surface area (Å²) in [7, 11) is 0. The van der Waals surface area contributed by atoms with Crippen molar-refractivity contribution in [2.45, 2.75) is 6.54 Å². The van der Waals surface area contributed by atoms with Crippen LogP contribution >= 0.6 is 34.2 Å². The number of amides is 1. The first kappa shape index (κ1) is 14.8. The fourth-order valence-corrected chi connectivity index (χ4v) is 2.16. The second-order valence-electron chi connectivity index (χ2n) is 3.96. The van der Waals surface area contributed by atoms with Crippen molar-refractivity contribution in [2.24, 2.45) is 0 Å². The number of carbonyl (C=O) groups is 1. The number of anilines is 2. The third-order valence-electron chi connectivity index (χ3n) is 2.44. The predicted molar refractivity (Wildman–Crippen MR) is 85.7 cm³/mol. The molecular formula is C12H10ClIN4O2. The van der Waals surface area contributed by atoms with E-state index in [2.05, 4.69) is 10.3 Å². The molecule has 0 saturated heterocycles. The minimum absolute atomic E-state index is 0.145. The third kappa shape index (κ3) is 3.48. The van der Waals surface area contributed by atoms with Gasteiger partial charge in [0.05, 0.1) is 20.6 Å². The maximum atomic E-state index is 11.9. The van der Waals surface area contributed by atoms with Gasteiger partial charge in [-0.15, -0.1) is 0 Å². The van der Waals surface area contributed by atoms with Crippen molar-refractivity contribution in [3.63, 3.8) is 0 Å². The number of nitrogen functional groups attached to an aromatic ring is 1. The predicted octanol–water partition coefficient (Wildman–Crippen LogP) is 1.72. The van der Waals surface area contributed by atoms with E-state index in [1.165, 1.54) is 17.1 Å². The van der Waals surface area contributed by atoms with E-state index in [1.807, 2.05) is 22.6 Å². The molecule has 6 nitrogen and oxygen atoms in total. The van der Waals surface area contributed by atoms with E-state index in [0.717, 1.165) is 0 Å². The molecule has 0 aliphatic carbocycles. The number of nitrogens with two attached hydrogens (primary N) is 1. The van der Waals surface area contributed by atoms with Gasteiger partial charge in [0, 0.05) is 11.9 Å². The molecule has 1 aromatic carbocycles. The molecule has 3 N–H and O–H groups in total. The molecule has 0 saturated carbocycles. The lowest BCUT2D eigenvalue weighted by atomic mass is 10.3. The first-order valence-electron chi connectivity index (χ1n) is 5.52. The van der Waals surface area contributed by atoms with Gasteiger partial charge in [0.2, 0.25) is 5.91 Å². The summed E-state index contributed by atoms with van der Waals surface area (Å²) in [4.78, 5) is 27.5. The van der Waals surface area contributed by atoms with Crippen LogP contribution in [0.5, 0.6) is 0 Å². The van der Waals surface area contributed by atoms with E-state index >= 15 is 0 Å². The highest BCUT2D eigenvalue weighted by Crippen LogP contribution is 2.23. The van der Waals surface area contributed by atoms with Crippen LogP contribution in [0, 0.1) is 3.57 Å². The molecule has 2 rings (SSSR count). The first-order chi connectivity index (χ1) is 9.47. The van der Waals surface area contributed by atoms with Crippen LogP contribution in [0.3, 0.4) is 0 Å². The Morgan fingerprint density at radius 1 is 1.50 bits per heavy atom. The molecular weight excluding hydrogens is 395 g/mol. The number of nitrogens with zero attached hydrogens (tertiary/aromatic N) is 2. The summed E-state index contributed by atoms with van der Waals surface area (Å²) in [5, 5.41) is 2.98.